The predicted octanol–water partition coefficient (Wildman–Crippen LogP) is -3.64. The van der Waals surface area contributed by atoms with Gasteiger partial charge >= 0.3 is 12.1 Å². The summed E-state index contributed by atoms with van der Waals surface area (Å²) in [6, 6.07) is 0.436. The van der Waals surface area contributed by atoms with Crippen LogP contribution in [-0.4, -0.2) is 183 Å². The number of nitrogens with one attached hydrogen (secondary N) is 2. The lowest BCUT2D eigenvalue weighted by atomic mass is 9.80. The third kappa shape index (κ3) is 62.3. The van der Waals surface area contributed by atoms with E-state index in [9.17, 15) is 35.4 Å². The number of aliphatic imine (C=N–C) groups is 2. The molecule has 0 aliphatic heterocycles. The van der Waals surface area contributed by atoms with E-state index in [4.69, 9.17) is 65.3 Å². The molecule has 418 valence electrons. The van der Waals surface area contributed by atoms with Gasteiger partial charge in [0.05, 0.1) is 55.1 Å². The second-order valence-electron chi connectivity index (χ2n) is 17.0. The van der Waals surface area contributed by atoms with Crippen LogP contribution in [0.2, 0.25) is 0 Å². The number of aliphatic hydroxyl groups is 7. The minimum atomic E-state index is -1.15. The fourth-order valence-corrected chi connectivity index (χ4v) is 4.61. The minimum absolute atomic E-state index is 0. The second kappa shape index (κ2) is 55.3. The van der Waals surface area contributed by atoms with Crippen LogP contribution >= 0.6 is 0 Å². The Hall–Kier alpha value is -3.66. The van der Waals surface area contributed by atoms with Gasteiger partial charge in [0.1, 0.15) is 6.10 Å². The van der Waals surface area contributed by atoms with E-state index in [2.05, 4.69) is 40.6 Å². The van der Waals surface area contributed by atoms with Gasteiger partial charge in [0.2, 0.25) is 0 Å². The van der Waals surface area contributed by atoms with Gasteiger partial charge in [0, 0.05) is 52.3 Å². The van der Waals surface area contributed by atoms with E-state index >= 15 is 0 Å². The van der Waals surface area contributed by atoms with Crippen LogP contribution in [0.5, 0.6) is 0 Å². The third-order valence-electron chi connectivity index (χ3n) is 9.39. The Morgan fingerprint density at radius 1 is 0.855 bits per heavy atom. The van der Waals surface area contributed by atoms with Crippen LogP contribution in [0.15, 0.2) is 9.98 Å². The van der Waals surface area contributed by atoms with Crippen LogP contribution in [-0.2, 0) is 14.4 Å². The molecule has 1 aliphatic rings. The molecule has 0 heterocycles. The van der Waals surface area contributed by atoms with Crippen LogP contribution in [0.4, 0.5) is 0 Å². The quantitative estimate of drug-likeness (QED) is 0.0358. The van der Waals surface area contributed by atoms with Crippen LogP contribution < -0.4 is 56.9 Å². The topological polar surface area (TPSA) is 514 Å². The van der Waals surface area contributed by atoms with E-state index in [1.54, 1.807) is 33.0 Å². The highest BCUT2D eigenvalue weighted by molar-refractivity contribution is 5.96. The van der Waals surface area contributed by atoms with E-state index in [-0.39, 0.29) is 68.9 Å². The van der Waals surface area contributed by atoms with Crippen molar-refractivity contribution in [3.63, 3.8) is 0 Å². The smallest absolute Gasteiger partial charge is 0.373 e. The molecule has 0 saturated heterocycles. The van der Waals surface area contributed by atoms with Crippen molar-refractivity contribution in [1.82, 2.24) is 10.2 Å². The Morgan fingerprint density at radius 2 is 1.32 bits per heavy atom. The minimum Gasteiger partial charge on any atom is -0.481 e. The Labute approximate surface area is 414 Å². The van der Waals surface area contributed by atoms with Crippen LogP contribution in [0, 0.1) is 17.2 Å². The molecule has 1 fully saturated rings. The van der Waals surface area contributed by atoms with E-state index in [1.807, 2.05) is 34.6 Å². The molecule has 0 radical (unpaired) electrons. The number of hydrogen-bond acceptors (Lipinski definition) is 17. The maximum Gasteiger partial charge on any atom is 0.373 e. The lowest BCUT2D eigenvalue weighted by Gasteiger charge is -2.38. The van der Waals surface area contributed by atoms with Crippen molar-refractivity contribution in [1.29, 1.82) is 5.41 Å². The molecule has 1 aliphatic carbocycles. The number of carboxylic acid groups (broad SMARTS) is 1. The zero-order valence-electron chi connectivity index (χ0n) is 43.5. The van der Waals surface area contributed by atoms with Gasteiger partial charge in [-0.25, -0.2) is 0 Å². The summed E-state index contributed by atoms with van der Waals surface area (Å²) in [5.41, 5.74) is 44.4. The van der Waals surface area contributed by atoms with Gasteiger partial charge in [0.25, 0.3) is 0 Å². The molecule has 30 N–H and O–H groups in total. The molecular weight excluding hydrogens is 901 g/mol. The molecule has 0 aromatic carbocycles. The maximum atomic E-state index is 9.77. The van der Waals surface area contributed by atoms with E-state index < -0.39 is 54.6 Å². The van der Waals surface area contributed by atoms with Gasteiger partial charge < -0.3 is 97.4 Å². The summed E-state index contributed by atoms with van der Waals surface area (Å²) in [6.45, 7) is 17.0. The summed E-state index contributed by atoms with van der Waals surface area (Å²) in [5, 5.41) is 83.0. The maximum absolute atomic E-state index is 9.77. The molecule has 1 rings (SSSR count). The highest BCUT2D eigenvalue weighted by Crippen LogP contribution is 2.24. The summed E-state index contributed by atoms with van der Waals surface area (Å²) < 4.78 is 0. The van der Waals surface area contributed by atoms with Gasteiger partial charge in [-0.2, -0.15) is 9.59 Å². The molecule has 0 aromatic heterocycles. The average Bonchev–Trinajstić information content (AvgIpc) is 3.25. The fraction of sp³-hybridized carbons (Fsp3) is 0.886. The second-order valence-corrected chi connectivity index (χ2v) is 17.0. The molecule has 0 aromatic rings. The van der Waals surface area contributed by atoms with E-state index in [0.29, 0.717) is 25.0 Å². The number of quaternary nitrogens is 2. The molecule has 1 saturated carbocycles. The van der Waals surface area contributed by atoms with Crippen molar-refractivity contribution < 1.29 is 66.7 Å². The van der Waals surface area contributed by atoms with Crippen molar-refractivity contribution in [2.75, 3.05) is 40.8 Å². The lowest BCUT2D eigenvalue weighted by Crippen LogP contribution is -2.59. The molecule has 9 unspecified atom stereocenters. The van der Waals surface area contributed by atoms with Crippen LogP contribution in [0.25, 0.3) is 0 Å². The summed E-state index contributed by atoms with van der Waals surface area (Å²) in [4.78, 5) is 35.1. The van der Waals surface area contributed by atoms with E-state index in [1.165, 1.54) is 12.8 Å². The van der Waals surface area contributed by atoms with Gasteiger partial charge in [-0.05, 0) is 85.1 Å². The number of aliphatic carboxylic acids is 1. The summed E-state index contributed by atoms with van der Waals surface area (Å²) in [5.74, 6) is -0.592. The first kappa shape index (κ1) is 82.3. The number of unbranched alkanes of at least 4 members (excludes halogenated alkanes) is 1. The Morgan fingerprint density at radius 3 is 1.62 bits per heavy atom. The molecular formula is C44H108N14O11+2. The third-order valence-corrected chi connectivity index (χ3v) is 9.39. The zero-order chi connectivity index (χ0) is 55.1. The SMILES string of the molecule is C.CC(N)CCCCN.CC(N)CCCN=C(N)N.CC([NH3+])CC(=O)O.CCC(C)[NH3+].CCC[C@H](O)[C@@H](O)[C@H](O)[C@H](C)CC.CN=C(N)NC(=N)N(C)C.NC1C(O)CC(CO)C(O)C1O.O=C=O. The number of carbonyl (C=O) groups is 1. The Bertz CT molecular complexity index is 1230. The first-order valence-corrected chi connectivity index (χ1v) is 23.2. The highest BCUT2D eigenvalue weighted by Gasteiger charge is 2.40. The Kier molecular flexibility index (Phi) is 65.9. The number of nitrogens with zero attached hydrogens (tertiary/aromatic N) is 3. The van der Waals surface area contributed by atoms with Gasteiger partial charge in [-0.1, -0.05) is 54.4 Å². The van der Waals surface area contributed by atoms with Crippen molar-refractivity contribution in [3.05, 3.63) is 0 Å². The summed E-state index contributed by atoms with van der Waals surface area (Å²) in [7, 11) is 5.06. The average molecular weight is 1010 g/mol. The number of hydrogen-bond donors (Lipinski definition) is 19. The Balaban J connectivity index is -0.000000105. The normalized spacial score (nSPS) is 20.1. The first-order valence-electron chi connectivity index (χ1n) is 23.2. The highest BCUT2D eigenvalue weighted by atomic mass is 16.4. The molecule has 25 nitrogen and oxygen atoms in total. The number of rotatable bonds is 18. The number of nitrogens with two attached hydrogens (primary N) is 7. The van der Waals surface area contributed by atoms with Gasteiger partial charge in [-0.15, -0.1) is 0 Å². The molecule has 69 heavy (non-hydrogen) atoms. The predicted molar refractivity (Wildman–Crippen MR) is 275 cm³/mol. The monoisotopic (exact) mass is 1010 g/mol. The lowest BCUT2D eigenvalue weighted by molar-refractivity contribution is -0.414. The molecule has 0 bridgehead atoms. The van der Waals surface area contributed by atoms with Gasteiger partial charge in [-0.3, -0.25) is 25.5 Å². The number of carbonyl (C=O) groups excluding carboxylic acids is 2. The molecule has 25 heteroatoms. The van der Waals surface area contributed by atoms with Crippen LogP contribution in [0.1, 0.15) is 133 Å². The largest absolute Gasteiger partial charge is 0.481 e. The first-order chi connectivity index (χ1) is 31.4. The summed E-state index contributed by atoms with van der Waals surface area (Å²) in [6.07, 6.45) is 3.67. The van der Waals surface area contributed by atoms with Crippen LogP contribution in [0.3, 0.4) is 0 Å². The van der Waals surface area contributed by atoms with Crippen molar-refractivity contribution in [2.24, 2.45) is 62.0 Å². The molecule has 0 spiro atoms. The van der Waals surface area contributed by atoms with Crippen molar-refractivity contribution in [2.45, 2.75) is 200 Å². The number of guanidine groups is 3. The number of aliphatic hydroxyl groups excluding tert-OH is 7. The van der Waals surface area contributed by atoms with E-state index in [0.717, 1.165) is 45.1 Å². The van der Waals surface area contributed by atoms with Crippen molar-refractivity contribution >= 4 is 30.0 Å². The number of carboxylic acids is 1. The van der Waals surface area contributed by atoms with Gasteiger partial charge in [0.15, 0.2) is 17.9 Å². The van der Waals surface area contributed by atoms with Crippen molar-refractivity contribution in [3.8, 4) is 0 Å². The molecule has 13 atom stereocenters. The zero-order valence-corrected chi connectivity index (χ0v) is 43.5. The standard InChI is InChI=1S/C10H22O3.C7H15NO4.C6H16N4.C6H16N2.C5H13N5.C4H9NO2.C4H11N.CO2.CH4/c1-4-6-8(11)10(13)9(12)7(3)5-2;8-5-4(10)1-3(2-9)6(11)7(5)12;1-5(7)3-2-4-10-6(8)9;1-6(8)4-2-3-5-7;1-8-4(6)9-5(7)10(2)3;1-3(5)2-4(6)7;1-3-4(2)5;2-1-3;/h7-13H,4-6H2,1-3H3;3-7,9-12H,1-2,8H2;5H,2-4,7H2,1H3,(H4,8,9,10);6H,2-5,7-8H2,1H3;1-3H3,(H4,6,7,8,9);3H,2,5H2,1H3,(H,6,7);4H,3,5H2,1-2H3;;1H4/p+2/t7-,8+,9-,10-;;;;;;;;/m1......../s1. The molecule has 0 amide bonds. The fourth-order valence-electron chi connectivity index (χ4n) is 4.61. The summed E-state index contributed by atoms with van der Waals surface area (Å²) >= 11 is 0.